The first-order chi connectivity index (χ1) is 20.1. The van der Waals surface area contributed by atoms with E-state index < -0.39 is 27.3 Å². The second-order valence-electron chi connectivity index (χ2n) is 12.5. The van der Waals surface area contributed by atoms with E-state index in [-0.39, 0.29) is 28.7 Å². The summed E-state index contributed by atoms with van der Waals surface area (Å²) in [4.78, 5) is 15.6. The minimum Gasteiger partial charge on any atom is -0.490 e. The van der Waals surface area contributed by atoms with Crippen molar-refractivity contribution >= 4 is 33.2 Å². The molecule has 2 saturated carbocycles. The zero-order chi connectivity index (χ0) is 29.6. The Hall–Kier alpha value is -2.81. The predicted octanol–water partition coefficient (Wildman–Crippen LogP) is 5.41. The van der Waals surface area contributed by atoms with Crippen molar-refractivity contribution in [3.8, 4) is 5.75 Å². The lowest BCUT2D eigenvalue weighted by atomic mass is 9.68. The second-order valence-corrected chi connectivity index (χ2v) is 14.9. The van der Waals surface area contributed by atoms with Crippen LogP contribution in [0.4, 0.5) is 5.69 Å². The predicted molar refractivity (Wildman–Crippen MR) is 166 cm³/mol. The molecule has 1 aliphatic heterocycles. The third kappa shape index (κ3) is 5.49. The molecule has 42 heavy (non-hydrogen) atoms. The van der Waals surface area contributed by atoms with Gasteiger partial charge in [-0.3, -0.25) is 4.79 Å². The Morgan fingerprint density at radius 1 is 1.21 bits per heavy atom. The third-order valence-electron chi connectivity index (χ3n) is 9.87. The number of amides is 1. The van der Waals surface area contributed by atoms with Crippen LogP contribution in [-0.4, -0.2) is 50.5 Å². The Morgan fingerprint density at radius 3 is 2.79 bits per heavy atom. The normalized spacial score (nSPS) is 28.8. The number of aliphatic hydroxyl groups excluding tert-OH is 1. The van der Waals surface area contributed by atoms with Crippen molar-refractivity contribution in [2.75, 3.05) is 24.6 Å². The van der Waals surface area contributed by atoms with Gasteiger partial charge < -0.3 is 14.7 Å². The van der Waals surface area contributed by atoms with Crippen LogP contribution >= 0.6 is 11.6 Å². The Morgan fingerprint density at radius 2 is 2.05 bits per heavy atom. The largest absolute Gasteiger partial charge is 0.490 e. The molecule has 0 radical (unpaired) electrons. The Kier molecular flexibility index (Phi) is 7.92. The number of carbonyl (C=O) groups excluding carboxylic acids is 1. The molecule has 2 N–H and O–H groups in total. The lowest BCUT2D eigenvalue weighted by Crippen LogP contribution is -2.49. The molecule has 7 nitrogen and oxygen atoms in total. The molecule has 6 rings (SSSR count). The molecule has 2 aromatic rings. The van der Waals surface area contributed by atoms with Crippen LogP contribution in [-0.2, 0) is 21.9 Å². The van der Waals surface area contributed by atoms with Crippen LogP contribution in [0.3, 0.4) is 0 Å². The summed E-state index contributed by atoms with van der Waals surface area (Å²) in [6.45, 7) is 9.34. The number of aryl methyl sites for hydroxylation is 1. The molecule has 1 heterocycles. The summed E-state index contributed by atoms with van der Waals surface area (Å²) in [6.07, 6.45) is 8.79. The third-order valence-corrected chi connectivity index (χ3v) is 12.0. The lowest BCUT2D eigenvalue weighted by Gasteiger charge is -2.45. The maximum absolute atomic E-state index is 13.3. The monoisotopic (exact) mass is 610 g/mol. The molecule has 0 saturated heterocycles. The number of nitrogens with zero attached hydrogens (tertiary/aromatic N) is 1. The minimum atomic E-state index is -3.78. The molecule has 1 spiro atoms. The van der Waals surface area contributed by atoms with Crippen molar-refractivity contribution in [2.45, 2.75) is 61.7 Å². The van der Waals surface area contributed by atoms with E-state index in [0.29, 0.717) is 38.3 Å². The van der Waals surface area contributed by atoms with Gasteiger partial charge in [0.2, 0.25) is 10.0 Å². The molecule has 6 atom stereocenters. The zero-order valence-electron chi connectivity index (χ0n) is 23.8. The number of aliphatic hydroxyl groups is 1. The number of benzene rings is 2. The van der Waals surface area contributed by atoms with Gasteiger partial charge in [-0.1, -0.05) is 29.8 Å². The summed E-state index contributed by atoms with van der Waals surface area (Å²) < 4.78 is 34.6. The van der Waals surface area contributed by atoms with Gasteiger partial charge in [-0.15, -0.1) is 13.2 Å². The minimum absolute atomic E-state index is 0.00881. The molecule has 224 valence electrons. The van der Waals surface area contributed by atoms with Gasteiger partial charge in [0.1, 0.15) is 5.75 Å². The Bertz CT molecular complexity index is 1510. The SMILES string of the molecule is C=CC[C@H]1C[C@H]1S(=O)(=O)NC(=O)c1ccc2c(c1)N(C[C@@H]1CC[C@H]1C(O)C=C)C[C@@]1(CCCc3cc(Cl)ccc31)CO2. The van der Waals surface area contributed by atoms with Crippen molar-refractivity contribution in [3.05, 3.63) is 83.4 Å². The summed E-state index contributed by atoms with van der Waals surface area (Å²) in [6, 6.07) is 11.3. The first-order valence-corrected chi connectivity index (χ1v) is 16.8. The smallest absolute Gasteiger partial charge is 0.264 e. The van der Waals surface area contributed by atoms with Gasteiger partial charge in [0.15, 0.2) is 0 Å². The average Bonchev–Trinajstić information content (AvgIpc) is 3.75. The number of hydrogen-bond acceptors (Lipinski definition) is 6. The topological polar surface area (TPSA) is 95.9 Å². The maximum Gasteiger partial charge on any atom is 0.264 e. The molecule has 9 heteroatoms. The molecular weight excluding hydrogens is 572 g/mol. The molecule has 0 aromatic heterocycles. The lowest BCUT2D eigenvalue weighted by molar-refractivity contribution is 0.0460. The van der Waals surface area contributed by atoms with E-state index in [2.05, 4.69) is 34.9 Å². The molecule has 1 amide bonds. The van der Waals surface area contributed by atoms with Crippen molar-refractivity contribution < 1.29 is 23.1 Å². The van der Waals surface area contributed by atoms with E-state index in [1.165, 1.54) is 11.1 Å². The van der Waals surface area contributed by atoms with E-state index in [0.717, 1.165) is 42.8 Å². The number of allylic oxidation sites excluding steroid dienone is 1. The van der Waals surface area contributed by atoms with Gasteiger partial charge in [-0.05, 0) is 104 Å². The van der Waals surface area contributed by atoms with Gasteiger partial charge in [0, 0.05) is 29.1 Å². The van der Waals surface area contributed by atoms with Crippen molar-refractivity contribution in [1.29, 1.82) is 0 Å². The van der Waals surface area contributed by atoms with Gasteiger partial charge in [-0.2, -0.15) is 0 Å². The molecular formula is C33H39ClN2O5S. The highest BCUT2D eigenvalue weighted by Crippen LogP contribution is 2.47. The maximum atomic E-state index is 13.3. The van der Waals surface area contributed by atoms with Crippen LogP contribution in [0.5, 0.6) is 5.75 Å². The number of ether oxygens (including phenoxy) is 1. The van der Waals surface area contributed by atoms with Crippen molar-refractivity contribution in [3.63, 3.8) is 0 Å². The summed E-state index contributed by atoms with van der Waals surface area (Å²) in [5, 5.41) is 10.7. The van der Waals surface area contributed by atoms with E-state index in [1.807, 2.05) is 6.07 Å². The average molecular weight is 611 g/mol. The van der Waals surface area contributed by atoms with Gasteiger partial charge in [0.25, 0.3) is 5.91 Å². The fourth-order valence-corrected chi connectivity index (χ4v) is 9.15. The van der Waals surface area contributed by atoms with Crippen molar-refractivity contribution in [2.24, 2.45) is 17.8 Å². The second kappa shape index (κ2) is 11.4. The highest BCUT2D eigenvalue weighted by molar-refractivity contribution is 7.91. The fourth-order valence-electron chi connectivity index (χ4n) is 7.31. The molecule has 2 aromatic carbocycles. The van der Waals surface area contributed by atoms with E-state index in [4.69, 9.17) is 16.3 Å². The molecule has 3 aliphatic carbocycles. The van der Waals surface area contributed by atoms with E-state index in [1.54, 1.807) is 30.4 Å². The number of halogens is 1. The van der Waals surface area contributed by atoms with E-state index in [9.17, 15) is 18.3 Å². The van der Waals surface area contributed by atoms with Crippen LogP contribution in [0.1, 0.15) is 60.0 Å². The van der Waals surface area contributed by atoms with Gasteiger partial charge in [0.05, 0.1) is 23.6 Å². The number of anilines is 1. The van der Waals surface area contributed by atoms with E-state index >= 15 is 0 Å². The van der Waals surface area contributed by atoms with Crippen LogP contribution in [0.25, 0.3) is 0 Å². The highest BCUT2D eigenvalue weighted by atomic mass is 35.5. The summed E-state index contributed by atoms with van der Waals surface area (Å²) in [5.74, 6) is 0.420. The summed E-state index contributed by atoms with van der Waals surface area (Å²) >= 11 is 6.37. The zero-order valence-corrected chi connectivity index (χ0v) is 25.4. The van der Waals surface area contributed by atoms with Crippen LogP contribution in [0.2, 0.25) is 5.02 Å². The summed E-state index contributed by atoms with van der Waals surface area (Å²) in [7, 11) is -3.78. The summed E-state index contributed by atoms with van der Waals surface area (Å²) in [5.41, 5.74) is 3.26. The Balaban J connectivity index is 1.32. The van der Waals surface area contributed by atoms with Crippen LogP contribution < -0.4 is 14.4 Å². The van der Waals surface area contributed by atoms with Crippen LogP contribution in [0, 0.1) is 17.8 Å². The standard InChI is InChI=1S/C33H39ClN2O5S/c1-3-6-22-17-31(22)42(39,40)35-32(38)23-9-13-30-28(16-23)36(18-24-8-11-26(24)29(37)4-2)19-33(20-41-30)14-5-7-21-15-25(34)10-12-27(21)33/h3-4,9-10,12-13,15-16,22,24,26,29,31,37H,1-2,5-8,11,14,17-20H2,(H,35,38)/t22-,24-,26+,29?,31+,33-/m0/s1. The quantitative estimate of drug-likeness (QED) is 0.369. The highest BCUT2D eigenvalue weighted by Gasteiger charge is 2.47. The number of sulfonamides is 1. The number of rotatable bonds is 9. The number of hydrogen-bond donors (Lipinski definition) is 2. The molecule has 4 aliphatic rings. The fraction of sp³-hybridized carbons (Fsp3) is 0.485. The Labute approximate surface area is 253 Å². The molecule has 1 unspecified atom stereocenters. The van der Waals surface area contributed by atoms with Gasteiger partial charge in [-0.25, -0.2) is 13.1 Å². The van der Waals surface area contributed by atoms with Gasteiger partial charge >= 0.3 is 0 Å². The molecule has 0 bridgehead atoms. The number of nitrogens with one attached hydrogen (secondary N) is 1. The van der Waals surface area contributed by atoms with Crippen molar-refractivity contribution in [1.82, 2.24) is 4.72 Å². The first-order valence-electron chi connectivity index (χ1n) is 14.9. The number of carbonyl (C=O) groups is 1. The first kappa shape index (κ1) is 29.3. The van der Waals surface area contributed by atoms with Crippen LogP contribution in [0.15, 0.2) is 61.7 Å². The molecule has 2 fully saturated rings. The number of fused-ring (bicyclic) bond motifs is 3.